The van der Waals surface area contributed by atoms with Crippen LogP contribution in [0.1, 0.15) is 102 Å². The molecule has 1 saturated heterocycles. The minimum absolute atomic E-state index is 0.0932. The Morgan fingerprint density at radius 3 is 2.09 bits per heavy atom. The maximum Gasteiger partial charge on any atom is 0.407 e. The number of nitrogens with one attached hydrogen (secondary N) is 4. The third-order valence-electron chi connectivity index (χ3n) is 9.86. The van der Waals surface area contributed by atoms with Crippen molar-refractivity contribution in [3.63, 3.8) is 0 Å². The number of alkyl carbamates (subject to hydrolysis) is 1. The molecule has 14 heteroatoms. The van der Waals surface area contributed by atoms with Crippen LogP contribution in [0.15, 0.2) is 60.7 Å². The SMILES string of the molecule is CCCC(NC(=O)C1CCC(c2ccccc2)N1C(=O)C(NC(=O)OCC(C)C)C1CCCCC1)C(=O)C(=O)NCC(=O)NC(C(=O)O)c1ccccc1. The third-order valence-corrected chi connectivity index (χ3v) is 9.86. The number of ether oxygens (including phenoxy) is 1. The van der Waals surface area contributed by atoms with Gasteiger partial charge in [-0.3, -0.25) is 24.0 Å². The Labute approximate surface area is 316 Å². The molecule has 1 aliphatic carbocycles. The van der Waals surface area contributed by atoms with Crippen LogP contribution in [0.25, 0.3) is 0 Å². The third kappa shape index (κ3) is 11.4. The lowest BCUT2D eigenvalue weighted by molar-refractivity contribution is -0.145. The summed E-state index contributed by atoms with van der Waals surface area (Å²) >= 11 is 0. The van der Waals surface area contributed by atoms with E-state index in [9.17, 15) is 38.7 Å². The Balaban J connectivity index is 1.50. The van der Waals surface area contributed by atoms with E-state index in [0.717, 1.165) is 37.7 Å². The van der Waals surface area contributed by atoms with Gasteiger partial charge in [0, 0.05) is 0 Å². The first-order chi connectivity index (χ1) is 25.9. The molecule has 2 aromatic rings. The Morgan fingerprint density at radius 2 is 1.48 bits per heavy atom. The van der Waals surface area contributed by atoms with Crippen molar-refractivity contribution >= 4 is 41.5 Å². The standard InChI is InChI=1S/C40H53N5O9/c1-4-14-29(35(47)37(49)41-23-32(46)43-34(39(51)52)28-19-12-7-13-20-28)42-36(48)31-22-21-30(26-15-8-5-9-16-26)45(31)38(50)33(27-17-10-6-11-18-27)44-40(53)54-24-25(2)3/h5,7-9,12-13,15-16,19-20,25,27,29-31,33-34H,4,6,10-11,14,17-18,21-24H2,1-3H3,(H,41,49)(H,42,48)(H,43,46)(H,44,53)(H,51,52). The summed E-state index contributed by atoms with van der Waals surface area (Å²) in [6, 6.07) is 12.3. The normalized spacial score (nSPS) is 18.9. The lowest BCUT2D eigenvalue weighted by Crippen LogP contribution is -2.58. The van der Waals surface area contributed by atoms with E-state index in [2.05, 4.69) is 21.3 Å². The molecule has 4 rings (SSSR count). The van der Waals surface area contributed by atoms with Crippen molar-refractivity contribution in [2.75, 3.05) is 13.2 Å². The molecule has 292 valence electrons. The molecule has 0 aromatic heterocycles. The molecule has 14 nitrogen and oxygen atoms in total. The van der Waals surface area contributed by atoms with Crippen molar-refractivity contribution in [3.8, 4) is 0 Å². The van der Waals surface area contributed by atoms with Gasteiger partial charge in [-0.1, -0.05) is 107 Å². The molecule has 1 heterocycles. The van der Waals surface area contributed by atoms with Crippen LogP contribution in [0.2, 0.25) is 0 Å². The second-order valence-electron chi connectivity index (χ2n) is 14.4. The number of likely N-dealkylation sites (tertiary alicyclic amines) is 1. The minimum atomic E-state index is -1.37. The fourth-order valence-electron chi connectivity index (χ4n) is 7.17. The fraction of sp³-hybridized carbons (Fsp3) is 0.525. The van der Waals surface area contributed by atoms with Crippen LogP contribution in [0.3, 0.4) is 0 Å². The Kier molecular flexibility index (Phi) is 15.6. The van der Waals surface area contributed by atoms with E-state index in [1.54, 1.807) is 25.1 Å². The van der Waals surface area contributed by atoms with Gasteiger partial charge < -0.3 is 36.0 Å². The number of carbonyl (C=O) groups is 7. The predicted molar refractivity (Wildman–Crippen MR) is 199 cm³/mol. The van der Waals surface area contributed by atoms with E-state index in [-0.39, 0.29) is 31.3 Å². The zero-order valence-electron chi connectivity index (χ0n) is 31.3. The van der Waals surface area contributed by atoms with Gasteiger partial charge in [0.2, 0.25) is 23.5 Å². The van der Waals surface area contributed by atoms with Crippen molar-refractivity contribution in [2.24, 2.45) is 11.8 Å². The second kappa shape index (κ2) is 20.3. The Hall–Kier alpha value is -5.27. The van der Waals surface area contributed by atoms with Gasteiger partial charge in [-0.25, -0.2) is 9.59 Å². The molecule has 1 aliphatic heterocycles. The average molecular weight is 748 g/mol. The van der Waals surface area contributed by atoms with Crippen molar-refractivity contribution in [3.05, 3.63) is 71.8 Å². The molecule has 0 spiro atoms. The maximum absolute atomic E-state index is 14.7. The molecule has 1 saturated carbocycles. The van der Waals surface area contributed by atoms with Gasteiger partial charge in [0.15, 0.2) is 6.04 Å². The van der Waals surface area contributed by atoms with E-state index >= 15 is 0 Å². The van der Waals surface area contributed by atoms with Gasteiger partial charge in [0.05, 0.1) is 25.2 Å². The first-order valence-corrected chi connectivity index (χ1v) is 18.9. The summed E-state index contributed by atoms with van der Waals surface area (Å²) in [5.74, 6) is -5.33. The minimum Gasteiger partial charge on any atom is -0.479 e. The van der Waals surface area contributed by atoms with E-state index in [4.69, 9.17) is 4.74 Å². The lowest BCUT2D eigenvalue weighted by Gasteiger charge is -2.37. The number of aliphatic carboxylic acids is 1. The first kappa shape index (κ1) is 41.5. The highest BCUT2D eigenvalue weighted by Crippen LogP contribution is 2.38. The zero-order valence-corrected chi connectivity index (χ0v) is 31.3. The number of hydrogen-bond acceptors (Lipinski definition) is 8. The van der Waals surface area contributed by atoms with E-state index in [0.29, 0.717) is 18.4 Å². The highest BCUT2D eigenvalue weighted by molar-refractivity contribution is 6.38. The van der Waals surface area contributed by atoms with Gasteiger partial charge in [-0.2, -0.15) is 0 Å². The average Bonchev–Trinajstić information content (AvgIpc) is 3.63. The van der Waals surface area contributed by atoms with Crippen molar-refractivity contribution in [1.29, 1.82) is 0 Å². The molecular formula is C40H53N5O9. The predicted octanol–water partition coefficient (Wildman–Crippen LogP) is 3.96. The number of rotatable bonds is 17. The molecule has 5 atom stereocenters. The fourth-order valence-corrected chi connectivity index (χ4v) is 7.17. The number of carboxylic acids is 1. The first-order valence-electron chi connectivity index (χ1n) is 18.9. The number of amides is 5. The highest BCUT2D eigenvalue weighted by Gasteiger charge is 2.46. The molecule has 54 heavy (non-hydrogen) atoms. The van der Waals surface area contributed by atoms with E-state index in [1.807, 2.05) is 44.2 Å². The lowest BCUT2D eigenvalue weighted by atomic mass is 9.83. The number of carbonyl (C=O) groups excluding carboxylic acids is 6. The van der Waals surface area contributed by atoms with Gasteiger partial charge >= 0.3 is 12.1 Å². The number of nitrogens with zero attached hydrogens (tertiary/aromatic N) is 1. The summed E-state index contributed by atoms with van der Waals surface area (Å²) in [6.45, 7) is 5.11. The Morgan fingerprint density at radius 1 is 0.833 bits per heavy atom. The van der Waals surface area contributed by atoms with Crippen molar-refractivity contribution < 1.29 is 43.4 Å². The smallest absolute Gasteiger partial charge is 0.407 e. The van der Waals surface area contributed by atoms with Crippen LogP contribution in [-0.2, 0) is 33.5 Å². The van der Waals surface area contributed by atoms with Crippen LogP contribution < -0.4 is 21.3 Å². The van der Waals surface area contributed by atoms with Crippen LogP contribution >= 0.6 is 0 Å². The summed E-state index contributed by atoms with van der Waals surface area (Å²) in [5, 5.41) is 19.7. The molecule has 2 fully saturated rings. The summed E-state index contributed by atoms with van der Waals surface area (Å²) in [7, 11) is 0. The van der Waals surface area contributed by atoms with E-state index < -0.39 is 78.2 Å². The van der Waals surface area contributed by atoms with Gasteiger partial charge in [-0.05, 0) is 55.1 Å². The number of benzene rings is 2. The molecule has 5 unspecified atom stereocenters. The summed E-state index contributed by atoms with van der Waals surface area (Å²) < 4.78 is 5.41. The molecule has 0 bridgehead atoms. The van der Waals surface area contributed by atoms with Crippen LogP contribution in [-0.4, -0.2) is 82.8 Å². The molecule has 5 N–H and O–H groups in total. The van der Waals surface area contributed by atoms with Crippen LogP contribution in [0.4, 0.5) is 4.79 Å². The highest BCUT2D eigenvalue weighted by atomic mass is 16.5. The quantitative estimate of drug-likeness (QED) is 0.149. The topological polar surface area (TPSA) is 200 Å². The van der Waals surface area contributed by atoms with Gasteiger partial charge in [0.1, 0.15) is 12.1 Å². The monoisotopic (exact) mass is 747 g/mol. The van der Waals surface area contributed by atoms with Crippen LogP contribution in [0.5, 0.6) is 0 Å². The molecule has 0 radical (unpaired) electrons. The van der Waals surface area contributed by atoms with Crippen molar-refractivity contribution in [1.82, 2.24) is 26.2 Å². The van der Waals surface area contributed by atoms with Crippen LogP contribution in [0, 0.1) is 11.8 Å². The number of Topliss-reactive ketones (excluding diaryl/α,β-unsaturated/α-hetero) is 1. The molecule has 2 aromatic carbocycles. The summed E-state index contributed by atoms with van der Waals surface area (Å²) in [6.07, 6.45) is 4.85. The van der Waals surface area contributed by atoms with E-state index in [1.165, 1.54) is 17.0 Å². The second-order valence-corrected chi connectivity index (χ2v) is 14.4. The number of hydrogen-bond donors (Lipinski definition) is 5. The molecule has 5 amide bonds. The van der Waals surface area contributed by atoms with Gasteiger partial charge in [-0.15, -0.1) is 0 Å². The Bertz CT molecular complexity index is 1610. The zero-order chi connectivity index (χ0) is 39.2. The maximum atomic E-state index is 14.7. The largest absolute Gasteiger partial charge is 0.479 e. The summed E-state index contributed by atoms with van der Waals surface area (Å²) in [4.78, 5) is 94.1. The molecular weight excluding hydrogens is 694 g/mol. The number of carboxylic acid groups (broad SMARTS) is 1. The molecule has 2 aliphatic rings. The van der Waals surface area contributed by atoms with Crippen molar-refractivity contribution in [2.45, 2.75) is 109 Å². The summed E-state index contributed by atoms with van der Waals surface area (Å²) in [5.41, 5.74) is 1.15. The van der Waals surface area contributed by atoms with Gasteiger partial charge in [0.25, 0.3) is 5.91 Å². The number of ketones is 1.